The lowest BCUT2D eigenvalue weighted by molar-refractivity contribution is 0.392. The van der Waals surface area contributed by atoms with Gasteiger partial charge in [-0.2, -0.15) is 0 Å². The third kappa shape index (κ3) is 9.42. The maximum atomic E-state index is 13.8. The molecule has 2 N–H and O–H groups in total. The van der Waals surface area contributed by atoms with Gasteiger partial charge in [0.05, 0.1) is 6.54 Å². The Morgan fingerprint density at radius 2 is 1.92 bits per heavy atom. The number of nitrogens with one attached hydrogen (secondary N) is 2. The van der Waals surface area contributed by atoms with Gasteiger partial charge < -0.3 is 15.5 Å². The van der Waals surface area contributed by atoms with Gasteiger partial charge in [-0.1, -0.05) is 25.8 Å². The van der Waals surface area contributed by atoms with Crippen molar-refractivity contribution in [3.63, 3.8) is 0 Å². The van der Waals surface area contributed by atoms with Crippen molar-refractivity contribution in [1.82, 2.24) is 15.5 Å². The number of hydrogen-bond donors (Lipinski definition) is 2. The lowest BCUT2D eigenvalue weighted by atomic mass is 10.1. The minimum absolute atomic E-state index is 0. The molecule has 0 fully saturated rings. The molecule has 0 heterocycles. The molecule has 138 valence electrons. The summed E-state index contributed by atoms with van der Waals surface area (Å²) in [7, 11) is 3.88. The third-order valence-electron chi connectivity index (χ3n) is 3.43. The minimum Gasteiger partial charge on any atom is -0.357 e. The van der Waals surface area contributed by atoms with Crippen LogP contribution < -0.4 is 10.6 Å². The number of halogens is 2. The summed E-state index contributed by atoms with van der Waals surface area (Å²) in [5.74, 6) is 0.665. The highest BCUT2D eigenvalue weighted by Crippen LogP contribution is 2.13. The van der Waals surface area contributed by atoms with E-state index < -0.39 is 0 Å². The Bertz CT molecular complexity index is 492. The summed E-state index contributed by atoms with van der Waals surface area (Å²) in [6, 6.07) is 5.24. The summed E-state index contributed by atoms with van der Waals surface area (Å²) >= 11 is 0. The molecule has 0 aromatic heterocycles. The van der Waals surface area contributed by atoms with Crippen molar-refractivity contribution < 1.29 is 4.39 Å². The van der Waals surface area contributed by atoms with E-state index in [-0.39, 0.29) is 29.8 Å². The first-order chi connectivity index (χ1) is 11.1. The van der Waals surface area contributed by atoms with Crippen LogP contribution in [-0.4, -0.2) is 38.0 Å². The van der Waals surface area contributed by atoms with Gasteiger partial charge in [0.15, 0.2) is 5.96 Å². The number of benzene rings is 1. The summed E-state index contributed by atoms with van der Waals surface area (Å²) in [5, 5.41) is 6.59. The van der Waals surface area contributed by atoms with Gasteiger partial charge in [-0.05, 0) is 45.1 Å². The van der Waals surface area contributed by atoms with Gasteiger partial charge in [0.25, 0.3) is 0 Å². The fourth-order valence-electron chi connectivity index (χ4n) is 2.28. The average molecular weight is 450 g/mol. The first kappa shape index (κ1) is 23.1. The number of nitrogens with zero attached hydrogens (tertiary/aromatic N) is 2. The molecule has 0 bridgehead atoms. The van der Waals surface area contributed by atoms with E-state index in [0.717, 1.165) is 31.0 Å². The van der Waals surface area contributed by atoms with Crippen molar-refractivity contribution in [2.45, 2.75) is 46.2 Å². The van der Waals surface area contributed by atoms with Crippen molar-refractivity contribution in [3.8, 4) is 0 Å². The molecule has 24 heavy (non-hydrogen) atoms. The second-order valence-electron chi connectivity index (χ2n) is 5.99. The molecule has 0 atom stereocenters. The van der Waals surface area contributed by atoms with Crippen molar-refractivity contribution in [2.75, 3.05) is 27.2 Å². The lowest BCUT2D eigenvalue weighted by Crippen LogP contribution is -2.37. The molecule has 0 radical (unpaired) electrons. The van der Waals surface area contributed by atoms with Gasteiger partial charge in [0.2, 0.25) is 0 Å². The number of rotatable bonds is 9. The molecule has 6 heteroatoms. The predicted molar refractivity (Wildman–Crippen MR) is 112 cm³/mol. The van der Waals surface area contributed by atoms with Gasteiger partial charge in [-0.25, -0.2) is 9.38 Å². The Hall–Kier alpha value is -0.890. The summed E-state index contributed by atoms with van der Waals surface area (Å²) in [6.07, 6.45) is 3.57. The molecular formula is C18H32FIN4. The van der Waals surface area contributed by atoms with Gasteiger partial charge in [0, 0.05) is 25.2 Å². The highest BCUT2D eigenvalue weighted by Gasteiger charge is 2.05. The number of aliphatic imine (C=N–C) groups is 1. The second kappa shape index (κ2) is 13.4. The summed E-state index contributed by atoms with van der Waals surface area (Å²) in [6.45, 7) is 7.14. The number of hydrogen-bond acceptors (Lipinski definition) is 2. The Labute approximate surface area is 163 Å². The summed E-state index contributed by atoms with van der Waals surface area (Å²) < 4.78 is 13.8. The van der Waals surface area contributed by atoms with Crippen LogP contribution in [0.2, 0.25) is 0 Å². The Balaban J connectivity index is 0.00000529. The van der Waals surface area contributed by atoms with Crippen molar-refractivity contribution in [1.29, 1.82) is 0 Å². The highest BCUT2D eigenvalue weighted by molar-refractivity contribution is 14.0. The minimum atomic E-state index is -0.156. The van der Waals surface area contributed by atoms with E-state index in [1.165, 1.54) is 18.9 Å². The normalized spacial score (nSPS) is 11.3. The largest absolute Gasteiger partial charge is 0.357 e. The zero-order valence-electron chi connectivity index (χ0n) is 15.4. The van der Waals surface area contributed by atoms with Crippen LogP contribution in [0.15, 0.2) is 23.2 Å². The number of unbranched alkanes of at least 4 members (excludes halogenated alkanes) is 2. The quantitative estimate of drug-likeness (QED) is 0.261. The highest BCUT2D eigenvalue weighted by atomic mass is 127. The zero-order chi connectivity index (χ0) is 17.1. The van der Waals surface area contributed by atoms with E-state index in [4.69, 9.17) is 0 Å². The molecule has 0 saturated heterocycles. The second-order valence-corrected chi connectivity index (χ2v) is 5.99. The molecule has 0 unspecified atom stereocenters. The molecule has 0 saturated carbocycles. The van der Waals surface area contributed by atoms with Crippen molar-refractivity contribution in [2.24, 2.45) is 4.99 Å². The van der Waals surface area contributed by atoms with Gasteiger partial charge in [0.1, 0.15) is 5.82 Å². The molecule has 0 aliphatic rings. The fraction of sp³-hybridized carbons (Fsp3) is 0.611. The topological polar surface area (TPSA) is 39.7 Å². The molecular weight excluding hydrogens is 418 g/mol. The molecule has 0 spiro atoms. The first-order valence-electron chi connectivity index (χ1n) is 8.51. The molecule has 1 rings (SSSR count). The SMILES string of the molecule is CCCCCNC(=NCc1ccc(F)c(CN(C)C)c1)NCC.I. The number of guanidine groups is 1. The molecule has 0 amide bonds. The van der Waals surface area contributed by atoms with Crippen molar-refractivity contribution in [3.05, 3.63) is 35.1 Å². The molecule has 1 aromatic rings. The van der Waals surface area contributed by atoms with Crippen LogP contribution in [-0.2, 0) is 13.1 Å². The lowest BCUT2D eigenvalue weighted by Gasteiger charge is -2.13. The molecule has 1 aromatic carbocycles. The zero-order valence-corrected chi connectivity index (χ0v) is 17.7. The maximum Gasteiger partial charge on any atom is 0.191 e. The van der Waals surface area contributed by atoms with E-state index in [1.54, 1.807) is 6.07 Å². The smallest absolute Gasteiger partial charge is 0.191 e. The van der Waals surface area contributed by atoms with Crippen molar-refractivity contribution >= 4 is 29.9 Å². The fourth-order valence-corrected chi connectivity index (χ4v) is 2.28. The van der Waals surface area contributed by atoms with Crippen LogP contribution in [0, 0.1) is 5.82 Å². The third-order valence-corrected chi connectivity index (χ3v) is 3.43. The van der Waals surface area contributed by atoms with E-state index in [1.807, 2.05) is 25.1 Å². The average Bonchev–Trinajstić information content (AvgIpc) is 2.51. The van der Waals surface area contributed by atoms with Gasteiger partial charge in [-0.3, -0.25) is 0 Å². The molecule has 4 nitrogen and oxygen atoms in total. The van der Waals surface area contributed by atoms with E-state index in [9.17, 15) is 4.39 Å². The summed E-state index contributed by atoms with van der Waals surface area (Å²) in [5.41, 5.74) is 1.73. The predicted octanol–water partition coefficient (Wildman–Crippen LogP) is 3.75. The molecule has 0 aliphatic carbocycles. The van der Waals surface area contributed by atoms with E-state index >= 15 is 0 Å². The van der Waals surface area contributed by atoms with Crippen LogP contribution in [0.1, 0.15) is 44.2 Å². The summed E-state index contributed by atoms with van der Waals surface area (Å²) in [4.78, 5) is 6.55. The molecule has 0 aliphatic heterocycles. The Morgan fingerprint density at radius 3 is 2.54 bits per heavy atom. The van der Waals surface area contributed by atoms with E-state index in [0.29, 0.717) is 18.7 Å². The Kier molecular flexibility index (Phi) is 12.9. The standard InChI is InChI=1S/C18H31FN4.HI/c1-5-7-8-11-21-18(20-6-2)22-13-15-9-10-17(19)16(12-15)14-23(3)4;/h9-10,12H,5-8,11,13-14H2,1-4H3,(H2,20,21,22);1H. The first-order valence-corrected chi connectivity index (χ1v) is 8.51. The van der Waals surface area contributed by atoms with Crippen LogP contribution >= 0.6 is 24.0 Å². The Morgan fingerprint density at radius 1 is 1.17 bits per heavy atom. The van der Waals surface area contributed by atoms with Gasteiger partial charge >= 0.3 is 0 Å². The monoisotopic (exact) mass is 450 g/mol. The van der Waals surface area contributed by atoms with E-state index in [2.05, 4.69) is 29.5 Å². The van der Waals surface area contributed by atoms with Crippen LogP contribution in [0.4, 0.5) is 4.39 Å². The van der Waals surface area contributed by atoms with Gasteiger partial charge in [-0.15, -0.1) is 24.0 Å². The van der Waals surface area contributed by atoms with Crippen LogP contribution in [0.25, 0.3) is 0 Å². The maximum absolute atomic E-state index is 13.8. The van der Waals surface area contributed by atoms with Crippen LogP contribution in [0.3, 0.4) is 0 Å². The van der Waals surface area contributed by atoms with Crippen LogP contribution in [0.5, 0.6) is 0 Å².